The molecule has 200 valence electrons. The molecule has 1 saturated heterocycles. The Morgan fingerprint density at radius 1 is 1.03 bits per heavy atom. The highest BCUT2D eigenvalue weighted by Crippen LogP contribution is 2.43. The van der Waals surface area contributed by atoms with Crippen LogP contribution in [0.3, 0.4) is 0 Å². The van der Waals surface area contributed by atoms with Crippen molar-refractivity contribution in [3.05, 3.63) is 111 Å². The molecule has 9 nitrogen and oxygen atoms in total. The number of ether oxygens (including phenoxy) is 2. The van der Waals surface area contributed by atoms with E-state index in [1.165, 1.54) is 13.2 Å². The van der Waals surface area contributed by atoms with Gasteiger partial charge in [0, 0.05) is 24.1 Å². The van der Waals surface area contributed by atoms with Crippen LogP contribution in [0.15, 0.2) is 72.9 Å². The average Bonchev–Trinajstić information content (AvgIpc) is 3.43. The van der Waals surface area contributed by atoms with E-state index in [2.05, 4.69) is 21.3 Å². The van der Waals surface area contributed by atoms with Gasteiger partial charge in [0.1, 0.15) is 17.2 Å². The SMILES string of the molecule is COc1ccc(CN2C(=S)NC(c3ccccn3)C2c2cc(C)n(-c3ccc(OC)cc3[N+](=O)[O-])c2C)cc1. The van der Waals surface area contributed by atoms with Gasteiger partial charge in [-0.05, 0) is 79.7 Å². The van der Waals surface area contributed by atoms with Crippen LogP contribution in [0, 0.1) is 24.0 Å². The maximum absolute atomic E-state index is 12.0. The quantitative estimate of drug-likeness (QED) is 0.175. The first-order valence-electron chi connectivity index (χ1n) is 12.4. The van der Waals surface area contributed by atoms with Gasteiger partial charge in [0.05, 0.1) is 43.0 Å². The van der Waals surface area contributed by atoms with Crippen molar-refractivity contribution in [2.24, 2.45) is 0 Å². The molecule has 2 unspecified atom stereocenters. The zero-order valence-electron chi connectivity index (χ0n) is 22.1. The summed E-state index contributed by atoms with van der Waals surface area (Å²) in [6, 6.07) is 20.3. The van der Waals surface area contributed by atoms with Crippen LogP contribution < -0.4 is 14.8 Å². The molecule has 10 heteroatoms. The number of nitrogens with one attached hydrogen (secondary N) is 1. The second-order valence-corrected chi connectivity index (χ2v) is 9.76. The maximum Gasteiger partial charge on any atom is 0.296 e. The summed E-state index contributed by atoms with van der Waals surface area (Å²) >= 11 is 5.85. The first-order chi connectivity index (χ1) is 18.8. The third-order valence-electron chi connectivity index (χ3n) is 7.12. The third kappa shape index (κ3) is 4.90. The van der Waals surface area contributed by atoms with Crippen molar-refractivity contribution in [3.8, 4) is 17.2 Å². The first kappa shape index (κ1) is 26.2. The highest BCUT2D eigenvalue weighted by Gasteiger charge is 2.41. The second-order valence-electron chi connectivity index (χ2n) is 9.38. The predicted molar refractivity (Wildman–Crippen MR) is 152 cm³/mol. The Hall–Kier alpha value is -4.44. The summed E-state index contributed by atoms with van der Waals surface area (Å²) < 4.78 is 12.5. The van der Waals surface area contributed by atoms with Crippen molar-refractivity contribution in [3.63, 3.8) is 0 Å². The summed E-state index contributed by atoms with van der Waals surface area (Å²) in [7, 11) is 3.14. The molecule has 2 aromatic carbocycles. The van der Waals surface area contributed by atoms with Crippen LogP contribution in [-0.2, 0) is 6.54 Å². The minimum atomic E-state index is -0.380. The average molecular weight is 544 g/mol. The number of nitro groups is 1. The van der Waals surface area contributed by atoms with Crippen molar-refractivity contribution < 1.29 is 14.4 Å². The monoisotopic (exact) mass is 543 g/mol. The molecule has 5 rings (SSSR count). The summed E-state index contributed by atoms with van der Waals surface area (Å²) in [6.45, 7) is 4.50. The lowest BCUT2D eigenvalue weighted by Crippen LogP contribution is -2.29. The molecule has 0 bridgehead atoms. The van der Waals surface area contributed by atoms with Gasteiger partial charge in [-0.2, -0.15) is 0 Å². The molecular formula is C29H29N5O4S. The minimum Gasteiger partial charge on any atom is -0.497 e. The summed E-state index contributed by atoms with van der Waals surface area (Å²) in [6.07, 6.45) is 1.77. The molecule has 0 radical (unpaired) electrons. The van der Waals surface area contributed by atoms with Crippen LogP contribution in [-0.4, -0.2) is 38.7 Å². The standard InChI is InChI=1S/C29H29N5O4S/c1-18-15-23(19(2)33(18)25-13-12-22(38-4)16-26(25)34(35)36)28-27(24-7-5-6-14-30-24)31-29(39)32(28)17-20-8-10-21(37-3)11-9-20/h5-16,27-28H,17H2,1-4H3,(H,31,39). The number of nitro benzene ring substituents is 1. The first-order valence-corrected chi connectivity index (χ1v) is 12.9. The van der Waals surface area contributed by atoms with Crippen molar-refractivity contribution >= 4 is 23.0 Å². The van der Waals surface area contributed by atoms with Gasteiger partial charge in [-0.15, -0.1) is 0 Å². The van der Waals surface area contributed by atoms with Crippen LogP contribution in [0.4, 0.5) is 5.69 Å². The number of nitrogens with zero attached hydrogens (tertiary/aromatic N) is 4. The highest BCUT2D eigenvalue weighted by molar-refractivity contribution is 7.80. The molecule has 1 N–H and O–H groups in total. The fourth-order valence-electron chi connectivity index (χ4n) is 5.27. The molecule has 0 aliphatic carbocycles. The molecule has 1 aliphatic heterocycles. The van der Waals surface area contributed by atoms with Gasteiger partial charge in [-0.3, -0.25) is 15.1 Å². The summed E-state index contributed by atoms with van der Waals surface area (Å²) in [5.74, 6) is 1.22. The number of aryl methyl sites for hydroxylation is 1. The lowest BCUT2D eigenvalue weighted by molar-refractivity contribution is -0.384. The number of hydrogen-bond acceptors (Lipinski definition) is 6. The fraction of sp³-hybridized carbons (Fsp3) is 0.241. The zero-order valence-corrected chi connectivity index (χ0v) is 22.9. The Morgan fingerprint density at radius 2 is 1.74 bits per heavy atom. The highest BCUT2D eigenvalue weighted by atomic mass is 32.1. The molecule has 2 aromatic heterocycles. The Morgan fingerprint density at radius 3 is 2.38 bits per heavy atom. The Bertz CT molecular complexity index is 1520. The molecule has 4 aromatic rings. The predicted octanol–water partition coefficient (Wildman–Crippen LogP) is 5.59. The van der Waals surface area contributed by atoms with E-state index in [1.54, 1.807) is 25.4 Å². The number of pyridine rings is 1. The number of thiocarbonyl (C=S) groups is 1. The van der Waals surface area contributed by atoms with Crippen molar-refractivity contribution in [1.29, 1.82) is 0 Å². The molecule has 1 fully saturated rings. The summed E-state index contributed by atoms with van der Waals surface area (Å²) in [5.41, 5.74) is 5.16. The van der Waals surface area contributed by atoms with Gasteiger partial charge in [0.25, 0.3) is 5.69 Å². The lowest BCUT2D eigenvalue weighted by atomic mass is 9.96. The topological polar surface area (TPSA) is 94.7 Å². The summed E-state index contributed by atoms with van der Waals surface area (Å²) in [5, 5.41) is 16.1. The van der Waals surface area contributed by atoms with Gasteiger partial charge >= 0.3 is 0 Å². The van der Waals surface area contributed by atoms with Crippen LogP contribution in [0.25, 0.3) is 5.69 Å². The molecule has 39 heavy (non-hydrogen) atoms. The second kappa shape index (κ2) is 10.7. The molecule has 2 atom stereocenters. The Labute approximate surface area is 232 Å². The number of rotatable bonds is 8. The smallest absolute Gasteiger partial charge is 0.296 e. The van der Waals surface area contributed by atoms with Crippen molar-refractivity contribution in [1.82, 2.24) is 19.8 Å². The normalized spacial score (nSPS) is 16.7. The maximum atomic E-state index is 12.0. The minimum absolute atomic E-state index is 0.0286. The van der Waals surface area contributed by atoms with Gasteiger partial charge in [0.2, 0.25) is 0 Å². The van der Waals surface area contributed by atoms with Gasteiger partial charge < -0.3 is 24.3 Å². The van der Waals surface area contributed by atoms with Crippen LogP contribution in [0.5, 0.6) is 11.5 Å². The van der Waals surface area contributed by atoms with E-state index >= 15 is 0 Å². The van der Waals surface area contributed by atoms with Crippen LogP contribution in [0.1, 0.15) is 40.3 Å². The number of aromatic nitrogens is 2. The van der Waals surface area contributed by atoms with Gasteiger partial charge in [-0.25, -0.2) is 0 Å². The Kier molecular flexibility index (Phi) is 7.21. The van der Waals surface area contributed by atoms with E-state index in [0.717, 1.165) is 34.0 Å². The largest absolute Gasteiger partial charge is 0.497 e. The van der Waals surface area contributed by atoms with Gasteiger partial charge in [0.15, 0.2) is 5.11 Å². The molecular weight excluding hydrogens is 514 g/mol. The number of methoxy groups -OCH3 is 2. The summed E-state index contributed by atoms with van der Waals surface area (Å²) in [4.78, 5) is 18.4. The van der Waals surface area contributed by atoms with E-state index in [4.69, 9.17) is 21.7 Å². The number of hydrogen-bond donors (Lipinski definition) is 1. The van der Waals surface area contributed by atoms with E-state index in [-0.39, 0.29) is 22.7 Å². The van der Waals surface area contributed by atoms with Crippen molar-refractivity contribution in [2.45, 2.75) is 32.5 Å². The molecule has 0 spiro atoms. The number of benzene rings is 2. The molecule has 3 heterocycles. The van der Waals surface area contributed by atoms with E-state index in [0.29, 0.717) is 23.1 Å². The van der Waals surface area contributed by atoms with Gasteiger partial charge in [-0.1, -0.05) is 18.2 Å². The van der Waals surface area contributed by atoms with Crippen LogP contribution in [0.2, 0.25) is 0 Å². The zero-order chi connectivity index (χ0) is 27.7. The Balaban J connectivity index is 1.63. The van der Waals surface area contributed by atoms with E-state index in [9.17, 15) is 10.1 Å². The molecule has 0 amide bonds. The molecule has 0 saturated carbocycles. The molecule has 1 aliphatic rings. The van der Waals surface area contributed by atoms with Crippen LogP contribution >= 0.6 is 12.2 Å². The van der Waals surface area contributed by atoms with E-state index in [1.807, 2.05) is 60.9 Å². The lowest BCUT2D eigenvalue weighted by Gasteiger charge is -2.28. The van der Waals surface area contributed by atoms with Crippen molar-refractivity contribution in [2.75, 3.05) is 14.2 Å². The fourth-order valence-corrected chi connectivity index (χ4v) is 5.57. The third-order valence-corrected chi connectivity index (χ3v) is 7.47. The van der Waals surface area contributed by atoms with E-state index < -0.39 is 0 Å².